The number of nitrogens with one attached hydrogen (secondary N) is 2. The lowest BCUT2D eigenvalue weighted by Gasteiger charge is -2.22. The van der Waals surface area contributed by atoms with Crippen LogP contribution in [0.3, 0.4) is 0 Å². The third-order valence-corrected chi connectivity index (χ3v) is 5.47. The zero-order valence-electron chi connectivity index (χ0n) is 18.3. The van der Waals surface area contributed by atoms with Crippen LogP contribution in [-0.4, -0.2) is 9.97 Å². The summed E-state index contributed by atoms with van der Waals surface area (Å²) in [5, 5.41) is 6.85. The van der Waals surface area contributed by atoms with E-state index in [4.69, 9.17) is 5.73 Å². The number of rotatable bonds is 9. The SMILES string of the molecule is CCCCc1ccc(Nc2ncnc(NC(c3ccccc3)c3ccccc3)c2N)cc1. The van der Waals surface area contributed by atoms with Gasteiger partial charge in [-0.3, -0.25) is 0 Å². The molecule has 0 spiro atoms. The maximum atomic E-state index is 6.48. The third-order valence-electron chi connectivity index (χ3n) is 5.47. The van der Waals surface area contributed by atoms with Crippen molar-refractivity contribution in [3.63, 3.8) is 0 Å². The average molecular weight is 424 g/mol. The molecular weight excluding hydrogens is 394 g/mol. The number of nitrogen functional groups attached to an aromatic ring is 1. The van der Waals surface area contributed by atoms with Gasteiger partial charge in [-0.1, -0.05) is 86.1 Å². The van der Waals surface area contributed by atoms with E-state index < -0.39 is 0 Å². The second-order valence-electron chi connectivity index (χ2n) is 7.81. The zero-order valence-corrected chi connectivity index (χ0v) is 18.3. The molecule has 0 aliphatic carbocycles. The number of aromatic nitrogens is 2. The molecule has 0 aliphatic heterocycles. The van der Waals surface area contributed by atoms with Gasteiger partial charge >= 0.3 is 0 Å². The summed E-state index contributed by atoms with van der Waals surface area (Å²) >= 11 is 0. The van der Waals surface area contributed by atoms with Crippen molar-refractivity contribution < 1.29 is 0 Å². The molecule has 0 atom stereocenters. The monoisotopic (exact) mass is 423 g/mol. The molecule has 4 aromatic rings. The van der Waals surface area contributed by atoms with Gasteiger partial charge in [-0.25, -0.2) is 9.97 Å². The Labute approximate surface area is 189 Å². The van der Waals surface area contributed by atoms with Crippen LogP contribution in [0.4, 0.5) is 23.0 Å². The minimum Gasteiger partial charge on any atom is -0.393 e. The Morgan fingerprint density at radius 2 is 1.38 bits per heavy atom. The van der Waals surface area contributed by atoms with Crippen molar-refractivity contribution in [3.8, 4) is 0 Å². The lowest BCUT2D eigenvalue weighted by molar-refractivity contribution is 0.795. The fourth-order valence-corrected chi connectivity index (χ4v) is 3.67. The van der Waals surface area contributed by atoms with E-state index in [0.717, 1.165) is 23.2 Å². The topological polar surface area (TPSA) is 75.9 Å². The molecule has 0 amide bonds. The number of nitrogens with zero attached hydrogens (tertiary/aromatic N) is 2. The number of unbranched alkanes of at least 4 members (excludes halogenated alkanes) is 1. The maximum absolute atomic E-state index is 6.48. The van der Waals surface area contributed by atoms with E-state index in [1.54, 1.807) is 0 Å². The lowest BCUT2D eigenvalue weighted by Crippen LogP contribution is -2.15. The predicted molar refractivity (Wildman–Crippen MR) is 133 cm³/mol. The molecule has 0 radical (unpaired) electrons. The Kier molecular flexibility index (Phi) is 6.98. The normalized spacial score (nSPS) is 10.8. The largest absolute Gasteiger partial charge is 0.393 e. The summed E-state index contributed by atoms with van der Waals surface area (Å²) in [6.07, 6.45) is 5.02. The Hall–Kier alpha value is -3.86. The van der Waals surface area contributed by atoms with E-state index >= 15 is 0 Å². The quantitative estimate of drug-likeness (QED) is 0.293. The van der Waals surface area contributed by atoms with Crippen molar-refractivity contribution in [2.24, 2.45) is 0 Å². The Balaban J connectivity index is 1.57. The minimum atomic E-state index is -0.0831. The molecule has 32 heavy (non-hydrogen) atoms. The van der Waals surface area contributed by atoms with Gasteiger partial charge in [0.2, 0.25) is 0 Å². The highest BCUT2D eigenvalue weighted by molar-refractivity contribution is 5.78. The van der Waals surface area contributed by atoms with Crippen molar-refractivity contribution in [1.82, 2.24) is 9.97 Å². The van der Waals surface area contributed by atoms with Crippen LogP contribution in [0.15, 0.2) is 91.3 Å². The molecule has 0 saturated heterocycles. The number of hydrogen-bond donors (Lipinski definition) is 3. The van der Waals surface area contributed by atoms with Crippen molar-refractivity contribution >= 4 is 23.0 Å². The van der Waals surface area contributed by atoms with Crippen LogP contribution in [-0.2, 0) is 6.42 Å². The minimum absolute atomic E-state index is 0.0831. The first-order valence-electron chi connectivity index (χ1n) is 11.1. The molecule has 1 aromatic heterocycles. The van der Waals surface area contributed by atoms with Gasteiger partial charge in [0, 0.05) is 5.69 Å². The van der Waals surface area contributed by atoms with Crippen LogP contribution < -0.4 is 16.4 Å². The van der Waals surface area contributed by atoms with E-state index in [1.807, 2.05) is 36.4 Å². The van der Waals surface area contributed by atoms with Crippen LogP contribution in [0.5, 0.6) is 0 Å². The molecule has 0 saturated carbocycles. The first-order valence-corrected chi connectivity index (χ1v) is 11.1. The second kappa shape index (κ2) is 10.4. The van der Waals surface area contributed by atoms with Crippen molar-refractivity contribution in [1.29, 1.82) is 0 Å². The van der Waals surface area contributed by atoms with Gasteiger partial charge < -0.3 is 16.4 Å². The Morgan fingerprint density at radius 3 is 1.97 bits per heavy atom. The number of nitrogens with two attached hydrogens (primary N) is 1. The molecule has 5 heteroatoms. The predicted octanol–water partition coefficient (Wildman–Crippen LogP) is 6.35. The molecular formula is C27H29N5. The van der Waals surface area contributed by atoms with Crippen LogP contribution >= 0.6 is 0 Å². The zero-order chi connectivity index (χ0) is 22.2. The summed E-state index contributed by atoms with van der Waals surface area (Å²) in [7, 11) is 0. The summed E-state index contributed by atoms with van der Waals surface area (Å²) in [6.45, 7) is 2.21. The molecule has 4 rings (SSSR count). The van der Waals surface area contributed by atoms with E-state index in [2.05, 4.69) is 76.1 Å². The first-order chi connectivity index (χ1) is 15.7. The summed E-state index contributed by atoms with van der Waals surface area (Å²) in [5.74, 6) is 1.18. The highest BCUT2D eigenvalue weighted by Crippen LogP contribution is 2.31. The fourth-order valence-electron chi connectivity index (χ4n) is 3.67. The van der Waals surface area contributed by atoms with Crippen LogP contribution in [0, 0.1) is 0 Å². The summed E-state index contributed by atoms with van der Waals surface area (Å²) in [4.78, 5) is 8.80. The molecule has 5 nitrogen and oxygen atoms in total. The van der Waals surface area contributed by atoms with Gasteiger partial charge in [0.25, 0.3) is 0 Å². The van der Waals surface area contributed by atoms with Gasteiger partial charge in [0.05, 0.1) is 6.04 Å². The molecule has 0 aliphatic rings. The number of aryl methyl sites for hydroxylation is 1. The standard InChI is InChI=1S/C27H29N5/c1-2-3-10-20-15-17-23(18-16-20)31-26-24(28)27(30-19-29-26)32-25(21-11-6-4-7-12-21)22-13-8-5-9-14-22/h4-9,11-19,25H,2-3,10,28H2,1H3,(H2,29,30,31,32). The highest BCUT2D eigenvalue weighted by Gasteiger charge is 2.17. The van der Waals surface area contributed by atoms with Gasteiger partial charge in [0.1, 0.15) is 12.0 Å². The number of hydrogen-bond acceptors (Lipinski definition) is 5. The number of benzene rings is 3. The van der Waals surface area contributed by atoms with Crippen LogP contribution in [0.2, 0.25) is 0 Å². The fraction of sp³-hybridized carbons (Fsp3) is 0.185. The number of anilines is 4. The molecule has 1 heterocycles. The van der Waals surface area contributed by atoms with Gasteiger partial charge in [-0.15, -0.1) is 0 Å². The molecule has 3 aromatic carbocycles. The van der Waals surface area contributed by atoms with Gasteiger partial charge in [-0.05, 0) is 41.7 Å². The maximum Gasteiger partial charge on any atom is 0.159 e. The second-order valence-corrected chi connectivity index (χ2v) is 7.81. The third kappa shape index (κ3) is 5.24. The van der Waals surface area contributed by atoms with E-state index in [9.17, 15) is 0 Å². The van der Waals surface area contributed by atoms with Crippen LogP contribution in [0.1, 0.15) is 42.5 Å². The molecule has 0 bridgehead atoms. The van der Waals surface area contributed by atoms with E-state index in [0.29, 0.717) is 17.3 Å². The Morgan fingerprint density at radius 1 is 0.781 bits per heavy atom. The van der Waals surface area contributed by atoms with Gasteiger partial charge in [-0.2, -0.15) is 0 Å². The molecule has 162 valence electrons. The Bertz CT molecular complexity index is 1070. The lowest BCUT2D eigenvalue weighted by atomic mass is 9.99. The van der Waals surface area contributed by atoms with Crippen molar-refractivity contribution in [2.75, 3.05) is 16.4 Å². The summed E-state index contributed by atoms with van der Waals surface area (Å²) in [5.41, 5.74) is 11.5. The summed E-state index contributed by atoms with van der Waals surface area (Å²) in [6, 6.07) is 28.9. The average Bonchev–Trinajstić information content (AvgIpc) is 2.85. The first kappa shape index (κ1) is 21.4. The molecule has 4 N–H and O–H groups in total. The van der Waals surface area contributed by atoms with E-state index in [1.165, 1.54) is 24.7 Å². The van der Waals surface area contributed by atoms with Crippen molar-refractivity contribution in [3.05, 3.63) is 108 Å². The van der Waals surface area contributed by atoms with Crippen molar-refractivity contribution in [2.45, 2.75) is 32.2 Å². The van der Waals surface area contributed by atoms with Crippen LogP contribution in [0.25, 0.3) is 0 Å². The molecule has 0 unspecified atom stereocenters. The smallest absolute Gasteiger partial charge is 0.159 e. The molecule has 0 fully saturated rings. The highest BCUT2D eigenvalue weighted by atomic mass is 15.1. The van der Waals surface area contributed by atoms with E-state index in [-0.39, 0.29) is 6.04 Å². The van der Waals surface area contributed by atoms with Gasteiger partial charge in [0.15, 0.2) is 11.6 Å². The summed E-state index contributed by atoms with van der Waals surface area (Å²) < 4.78 is 0.